The Kier molecular flexibility index (Phi) is 4.34. The van der Waals surface area contributed by atoms with Crippen molar-refractivity contribution in [3.8, 4) is 0 Å². The summed E-state index contributed by atoms with van der Waals surface area (Å²) in [5.74, 6) is 0.0761. The van der Waals surface area contributed by atoms with Crippen LogP contribution in [0.1, 0.15) is 18.9 Å². The number of hydrogen-bond acceptors (Lipinski definition) is 3. The average molecular weight is 380 g/mol. The number of nitrogens with zero attached hydrogens (tertiary/aromatic N) is 2. The molecule has 27 heavy (non-hydrogen) atoms. The molecule has 1 aliphatic carbocycles. The zero-order valence-electron chi connectivity index (χ0n) is 14.7. The first-order valence-electron chi connectivity index (χ1n) is 8.58. The summed E-state index contributed by atoms with van der Waals surface area (Å²) in [6.45, 7) is 1.63. The fourth-order valence-corrected chi connectivity index (χ4v) is 3.27. The predicted molar refractivity (Wildman–Crippen MR) is 107 cm³/mol. The maximum atomic E-state index is 12.6. The highest BCUT2D eigenvalue weighted by Crippen LogP contribution is 2.30. The van der Waals surface area contributed by atoms with Crippen LogP contribution in [0.5, 0.6) is 0 Å². The number of nitrogens with one attached hydrogen (secondary N) is 1. The van der Waals surface area contributed by atoms with E-state index >= 15 is 0 Å². The Morgan fingerprint density at radius 2 is 2.00 bits per heavy atom. The van der Waals surface area contributed by atoms with Crippen molar-refractivity contribution in [2.45, 2.75) is 18.9 Å². The standard InChI is InChI=1S/C21H18ClN3O2/c1-21(27,14-6-3-2-4-7-14)13-19(26)24-20-23-17-11-10-15(22)12-18(17)25(20)16-8-5-9-16/h2-12,27H,13H2,1H3,(H,23,24,26)/t21-/m0/s1. The lowest BCUT2D eigenvalue weighted by molar-refractivity contribution is -0.120. The van der Waals surface area contributed by atoms with Gasteiger partial charge in [-0.25, -0.2) is 4.98 Å². The maximum Gasteiger partial charge on any atom is 0.229 e. The first kappa shape index (κ1) is 17.5. The zero-order valence-corrected chi connectivity index (χ0v) is 15.4. The van der Waals surface area contributed by atoms with Crippen molar-refractivity contribution >= 4 is 40.2 Å². The minimum atomic E-state index is -1.28. The third-order valence-electron chi connectivity index (χ3n) is 4.56. The molecule has 0 fully saturated rings. The highest BCUT2D eigenvalue weighted by Gasteiger charge is 2.27. The van der Waals surface area contributed by atoms with Gasteiger partial charge in [-0.15, -0.1) is 0 Å². The fraction of sp³-hybridized carbons (Fsp3) is 0.143. The van der Waals surface area contributed by atoms with Crippen molar-refractivity contribution in [1.29, 1.82) is 0 Å². The average Bonchev–Trinajstić information content (AvgIpc) is 2.91. The number of rotatable bonds is 5. The van der Waals surface area contributed by atoms with Crippen molar-refractivity contribution < 1.29 is 9.90 Å². The summed E-state index contributed by atoms with van der Waals surface area (Å²) >= 11 is 6.13. The third-order valence-corrected chi connectivity index (χ3v) is 4.80. The molecule has 0 bridgehead atoms. The van der Waals surface area contributed by atoms with Gasteiger partial charge in [-0.05, 0) is 42.8 Å². The number of carbonyl (C=O) groups is 1. The molecule has 2 aromatic carbocycles. The summed E-state index contributed by atoms with van der Waals surface area (Å²) in [5.41, 5.74) is 1.85. The summed E-state index contributed by atoms with van der Waals surface area (Å²) in [6, 6.07) is 14.5. The smallest absolute Gasteiger partial charge is 0.229 e. The molecule has 1 atom stereocenters. The van der Waals surface area contributed by atoms with Crippen LogP contribution in [0.4, 0.5) is 5.95 Å². The summed E-state index contributed by atoms with van der Waals surface area (Å²) in [7, 11) is 0. The lowest BCUT2D eigenvalue weighted by atomic mass is 9.92. The Labute approximate surface area is 161 Å². The van der Waals surface area contributed by atoms with E-state index in [1.165, 1.54) is 0 Å². The minimum absolute atomic E-state index is 0.0874. The number of anilines is 1. The molecule has 0 saturated heterocycles. The van der Waals surface area contributed by atoms with Crippen LogP contribution in [0.25, 0.3) is 16.7 Å². The number of amides is 1. The number of fused-ring (bicyclic) bond motifs is 1. The molecule has 1 heterocycles. The Hall–Kier alpha value is -2.89. The van der Waals surface area contributed by atoms with Gasteiger partial charge in [-0.2, -0.15) is 0 Å². The van der Waals surface area contributed by atoms with E-state index in [-0.39, 0.29) is 12.3 Å². The van der Waals surface area contributed by atoms with Crippen molar-refractivity contribution in [2.75, 3.05) is 5.32 Å². The van der Waals surface area contributed by atoms with Crippen molar-refractivity contribution in [1.82, 2.24) is 9.55 Å². The number of halogens is 1. The van der Waals surface area contributed by atoms with Gasteiger partial charge in [0.15, 0.2) is 0 Å². The Bertz CT molecular complexity index is 1080. The second-order valence-corrected chi connectivity index (χ2v) is 7.16. The molecule has 0 radical (unpaired) electrons. The van der Waals surface area contributed by atoms with Crippen LogP contribution < -0.4 is 5.32 Å². The molecule has 4 rings (SSSR count). The summed E-state index contributed by atoms with van der Waals surface area (Å²) in [4.78, 5) is 17.2. The molecular formula is C21H18ClN3O2. The van der Waals surface area contributed by atoms with E-state index in [0.29, 0.717) is 16.5 Å². The molecule has 1 amide bonds. The number of aromatic nitrogens is 2. The van der Waals surface area contributed by atoms with Gasteiger partial charge >= 0.3 is 0 Å². The lowest BCUT2D eigenvalue weighted by Crippen LogP contribution is -2.29. The quantitative estimate of drug-likeness (QED) is 0.693. The molecule has 6 heteroatoms. The van der Waals surface area contributed by atoms with E-state index in [2.05, 4.69) is 10.3 Å². The topological polar surface area (TPSA) is 67.2 Å². The summed E-state index contributed by atoms with van der Waals surface area (Å²) in [6.07, 6.45) is 5.68. The molecule has 0 unspecified atom stereocenters. The predicted octanol–water partition coefficient (Wildman–Crippen LogP) is 4.34. The van der Waals surface area contributed by atoms with Crippen LogP contribution in [0.3, 0.4) is 0 Å². The monoisotopic (exact) mass is 379 g/mol. The van der Waals surface area contributed by atoms with Crippen LogP contribution in [-0.4, -0.2) is 20.6 Å². The minimum Gasteiger partial charge on any atom is -0.385 e. The van der Waals surface area contributed by atoms with Gasteiger partial charge < -0.3 is 5.11 Å². The summed E-state index contributed by atoms with van der Waals surface area (Å²) < 4.78 is 1.84. The Morgan fingerprint density at radius 1 is 1.26 bits per heavy atom. The largest absolute Gasteiger partial charge is 0.385 e. The SMILES string of the molecule is C[C@](O)(CC(=O)Nc1nc2ccc(Cl)cc2n1C1=CC=C1)c1ccccc1. The molecule has 136 valence electrons. The zero-order chi connectivity index (χ0) is 19.0. The lowest BCUT2D eigenvalue weighted by Gasteiger charge is -2.23. The van der Waals surface area contributed by atoms with E-state index < -0.39 is 5.60 Å². The van der Waals surface area contributed by atoms with E-state index in [1.54, 1.807) is 25.1 Å². The molecule has 5 nitrogen and oxygen atoms in total. The van der Waals surface area contributed by atoms with E-state index in [0.717, 1.165) is 16.7 Å². The van der Waals surface area contributed by atoms with Gasteiger partial charge in [0.1, 0.15) is 0 Å². The van der Waals surface area contributed by atoms with Gasteiger partial charge in [0.2, 0.25) is 11.9 Å². The number of carbonyl (C=O) groups excluding carboxylic acids is 1. The second kappa shape index (κ2) is 6.68. The van der Waals surface area contributed by atoms with Gasteiger partial charge in [-0.1, -0.05) is 48.0 Å². The van der Waals surface area contributed by atoms with Crippen molar-refractivity contribution in [2.24, 2.45) is 0 Å². The van der Waals surface area contributed by atoms with Crippen LogP contribution in [0.2, 0.25) is 5.02 Å². The fourth-order valence-electron chi connectivity index (χ4n) is 3.11. The molecule has 1 aliphatic rings. The molecule has 0 aliphatic heterocycles. The van der Waals surface area contributed by atoms with Gasteiger partial charge in [0.05, 0.1) is 23.1 Å². The van der Waals surface area contributed by atoms with Gasteiger partial charge in [-0.3, -0.25) is 14.7 Å². The first-order chi connectivity index (χ1) is 12.9. The molecule has 1 aromatic heterocycles. The van der Waals surface area contributed by atoms with Gasteiger partial charge in [0, 0.05) is 10.7 Å². The molecule has 2 N–H and O–H groups in total. The normalized spacial score (nSPS) is 15.1. The Morgan fingerprint density at radius 3 is 2.67 bits per heavy atom. The molecule has 3 aromatic rings. The van der Waals surface area contributed by atoms with Gasteiger partial charge in [0.25, 0.3) is 0 Å². The van der Waals surface area contributed by atoms with Crippen LogP contribution >= 0.6 is 11.6 Å². The van der Waals surface area contributed by atoms with Crippen molar-refractivity contribution in [3.05, 3.63) is 77.3 Å². The third kappa shape index (κ3) is 3.39. The Balaban J connectivity index is 1.62. The van der Waals surface area contributed by atoms with E-state index in [4.69, 9.17) is 11.6 Å². The van der Waals surface area contributed by atoms with E-state index in [1.807, 2.05) is 53.1 Å². The maximum absolute atomic E-state index is 12.6. The number of aliphatic hydroxyl groups is 1. The van der Waals surface area contributed by atoms with E-state index in [9.17, 15) is 9.90 Å². The highest BCUT2D eigenvalue weighted by molar-refractivity contribution is 6.31. The molecule has 0 spiro atoms. The van der Waals surface area contributed by atoms with Crippen LogP contribution in [-0.2, 0) is 10.4 Å². The second-order valence-electron chi connectivity index (χ2n) is 6.72. The highest BCUT2D eigenvalue weighted by atomic mass is 35.5. The molecular weight excluding hydrogens is 362 g/mol. The number of benzene rings is 2. The first-order valence-corrected chi connectivity index (χ1v) is 8.96. The van der Waals surface area contributed by atoms with Crippen molar-refractivity contribution in [3.63, 3.8) is 0 Å². The molecule has 0 saturated carbocycles. The number of imidazole rings is 1. The summed E-state index contributed by atoms with van der Waals surface area (Å²) in [5, 5.41) is 14.1. The van der Waals surface area contributed by atoms with Crippen LogP contribution in [0, 0.1) is 0 Å². The number of hydrogen-bond donors (Lipinski definition) is 2. The van der Waals surface area contributed by atoms with Crippen LogP contribution in [0.15, 0.2) is 66.8 Å². The number of allylic oxidation sites excluding steroid dienone is 4.